The normalized spacial score (nSPS) is 16.7. The number of hydrogen-bond donors (Lipinski definition) is 2. The lowest BCUT2D eigenvalue weighted by Crippen LogP contribution is -2.51. The van der Waals surface area contributed by atoms with Crippen LogP contribution in [0.25, 0.3) is 0 Å². The summed E-state index contributed by atoms with van der Waals surface area (Å²) in [5.74, 6) is 0.387. The van der Waals surface area contributed by atoms with Crippen LogP contribution in [0.2, 0.25) is 0 Å². The van der Waals surface area contributed by atoms with E-state index in [1.807, 2.05) is 42.5 Å². The van der Waals surface area contributed by atoms with E-state index in [4.69, 9.17) is 9.15 Å². The summed E-state index contributed by atoms with van der Waals surface area (Å²) in [6.45, 7) is 5.37. The Balaban J connectivity index is 1.88. The zero-order valence-electron chi connectivity index (χ0n) is 16.1. The second-order valence-electron chi connectivity index (χ2n) is 6.64. The maximum atomic E-state index is 12.5. The van der Waals surface area contributed by atoms with Gasteiger partial charge in [0.1, 0.15) is 5.76 Å². The molecule has 1 aliphatic rings. The molecule has 2 heterocycles. The zero-order valence-corrected chi connectivity index (χ0v) is 16.1. The van der Waals surface area contributed by atoms with E-state index in [9.17, 15) is 9.59 Å². The van der Waals surface area contributed by atoms with Gasteiger partial charge in [0, 0.05) is 18.8 Å². The van der Waals surface area contributed by atoms with Gasteiger partial charge in [0.2, 0.25) is 0 Å². The Morgan fingerprint density at radius 2 is 1.93 bits per heavy atom. The van der Waals surface area contributed by atoms with Gasteiger partial charge in [-0.3, -0.25) is 4.90 Å². The molecule has 3 rings (SSSR count). The number of esters is 1. The molecular formula is C21H25N3O4. The van der Waals surface area contributed by atoms with Gasteiger partial charge in [-0.05, 0) is 31.5 Å². The molecule has 1 atom stereocenters. The molecule has 0 saturated carbocycles. The molecule has 0 saturated heterocycles. The third kappa shape index (κ3) is 5.01. The molecule has 0 radical (unpaired) electrons. The molecule has 1 aliphatic heterocycles. The summed E-state index contributed by atoms with van der Waals surface area (Å²) in [4.78, 5) is 26.6. The fourth-order valence-corrected chi connectivity index (χ4v) is 3.26. The standard InChI is InChI=1S/C21H25N3O4/c1-3-27-20(25)19-15(2)22-21(26)23-18(19)14-24(13-17-10-7-11-28-17)12-16-8-5-4-6-9-16/h4-11,15H,3,12-14H2,1-2H3,(H2,22,23,26). The van der Waals surface area contributed by atoms with Crippen LogP contribution in [0, 0.1) is 0 Å². The first-order valence-electron chi connectivity index (χ1n) is 9.33. The molecular weight excluding hydrogens is 358 g/mol. The van der Waals surface area contributed by atoms with E-state index in [-0.39, 0.29) is 12.6 Å². The number of furan rings is 1. The van der Waals surface area contributed by atoms with Crippen molar-refractivity contribution < 1.29 is 18.7 Å². The number of ether oxygens (including phenoxy) is 1. The number of nitrogens with one attached hydrogen (secondary N) is 2. The summed E-state index contributed by atoms with van der Waals surface area (Å²) in [6, 6.07) is 13.0. The van der Waals surface area contributed by atoms with Crippen LogP contribution in [0.3, 0.4) is 0 Å². The fraction of sp³-hybridized carbons (Fsp3) is 0.333. The highest BCUT2D eigenvalue weighted by molar-refractivity contribution is 5.94. The van der Waals surface area contributed by atoms with Crippen LogP contribution in [0.1, 0.15) is 25.2 Å². The first kappa shape index (κ1) is 19.7. The number of nitrogens with zero attached hydrogens (tertiary/aromatic N) is 1. The van der Waals surface area contributed by atoms with Crippen molar-refractivity contribution in [3.05, 3.63) is 71.3 Å². The first-order valence-corrected chi connectivity index (χ1v) is 9.33. The van der Waals surface area contributed by atoms with E-state index in [1.165, 1.54) is 0 Å². The average Bonchev–Trinajstić information content (AvgIpc) is 3.15. The summed E-state index contributed by atoms with van der Waals surface area (Å²) in [5.41, 5.74) is 2.12. The predicted molar refractivity (Wildman–Crippen MR) is 104 cm³/mol. The van der Waals surface area contributed by atoms with Crippen molar-refractivity contribution in [2.45, 2.75) is 33.0 Å². The van der Waals surface area contributed by atoms with Crippen LogP contribution in [0.15, 0.2) is 64.4 Å². The van der Waals surface area contributed by atoms with E-state index in [0.29, 0.717) is 30.9 Å². The smallest absolute Gasteiger partial charge is 0.337 e. The van der Waals surface area contributed by atoms with Crippen LogP contribution in [0.5, 0.6) is 0 Å². The van der Waals surface area contributed by atoms with Gasteiger partial charge in [0.15, 0.2) is 0 Å². The largest absolute Gasteiger partial charge is 0.468 e. The highest BCUT2D eigenvalue weighted by atomic mass is 16.5. The minimum absolute atomic E-state index is 0.274. The third-order valence-corrected chi connectivity index (χ3v) is 4.46. The molecule has 1 aromatic heterocycles. The molecule has 0 spiro atoms. The number of benzene rings is 1. The lowest BCUT2D eigenvalue weighted by Gasteiger charge is -2.30. The quantitative estimate of drug-likeness (QED) is 0.685. The second-order valence-corrected chi connectivity index (χ2v) is 6.64. The van der Waals surface area contributed by atoms with Gasteiger partial charge in [-0.2, -0.15) is 0 Å². The van der Waals surface area contributed by atoms with Crippen LogP contribution >= 0.6 is 0 Å². The maximum absolute atomic E-state index is 12.5. The minimum Gasteiger partial charge on any atom is -0.468 e. The number of urea groups is 1. The summed E-state index contributed by atoms with van der Waals surface area (Å²) >= 11 is 0. The minimum atomic E-state index is -0.426. The molecule has 28 heavy (non-hydrogen) atoms. The lowest BCUT2D eigenvalue weighted by atomic mass is 10.0. The van der Waals surface area contributed by atoms with E-state index in [0.717, 1.165) is 11.3 Å². The molecule has 1 unspecified atom stereocenters. The fourth-order valence-electron chi connectivity index (χ4n) is 3.26. The zero-order chi connectivity index (χ0) is 19.9. The van der Waals surface area contributed by atoms with Crippen molar-refractivity contribution in [2.24, 2.45) is 0 Å². The van der Waals surface area contributed by atoms with Crippen molar-refractivity contribution >= 4 is 12.0 Å². The van der Waals surface area contributed by atoms with Gasteiger partial charge >= 0.3 is 12.0 Å². The van der Waals surface area contributed by atoms with Crippen molar-refractivity contribution in [1.82, 2.24) is 15.5 Å². The van der Waals surface area contributed by atoms with Crippen LogP contribution in [-0.4, -0.2) is 36.1 Å². The summed E-state index contributed by atoms with van der Waals surface area (Å²) in [7, 11) is 0. The molecule has 1 aromatic carbocycles. The number of hydrogen-bond acceptors (Lipinski definition) is 5. The summed E-state index contributed by atoms with van der Waals surface area (Å²) in [5, 5.41) is 5.51. The van der Waals surface area contributed by atoms with Gasteiger partial charge in [-0.25, -0.2) is 9.59 Å². The molecule has 0 aliphatic carbocycles. The van der Waals surface area contributed by atoms with Crippen molar-refractivity contribution in [2.75, 3.05) is 13.2 Å². The summed E-state index contributed by atoms with van der Waals surface area (Å²) < 4.78 is 10.7. The Kier molecular flexibility index (Phi) is 6.49. The molecule has 7 heteroatoms. The van der Waals surface area contributed by atoms with Gasteiger partial charge < -0.3 is 19.8 Å². The molecule has 2 aromatic rings. The van der Waals surface area contributed by atoms with E-state index in [2.05, 4.69) is 15.5 Å². The Bertz CT molecular complexity index is 831. The van der Waals surface area contributed by atoms with Crippen molar-refractivity contribution in [3.8, 4) is 0 Å². The highest BCUT2D eigenvalue weighted by Gasteiger charge is 2.30. The first-order chi connectivity index (χ1) is 13.6. The van der Waals surface area contributed by atoms with Gasteiger partial charge in [0.25, 0.3) is 0 Å². The molecule has 0 bridgehead atoms. The van der Waals surface area contributed by atoms with E-state index < -0.39 is 12.0 Å². The number of carbonyl (C=O) groups excluding carboxylic acids is 2. The van der Waals surface area contributed by atoms with Crippen molar-refractivity contribution in [1.29, 1.82) is 0 Å². The Morgan fingerprint density at radius 3 is 2.61 bits per heavy atom. The number of rotatable bonds is 8. The maximum Gasteiger partial charge on any atom is 0.337 e. The molecule has 2 N–H and O–H groups in total. The molecule has 2 amide bonds. The number of amides is 2. The van der Waals surface area contributed by atoms with E-state index in [1.54, 1.807) is 20.1 Å². The van der Waals surface area contributed by atoms with Crippen LogP contribution in [-0.2, 0) is 22.6 Å². The van der Waals surface area contributed by atoms with Crippen LogP contribution in [0.4, 0.5) is 4.79 Å². The molecule has 148 valence electrons. The third-order valence-electron chi connectivity index (χ3n) is 4.46. The Hall–Kier alpha value is -3.06. The highest BCUT2D eigenvalue weighted by Crippen LogP contribution is 2.18. The second kappa shape index (κ2) is 9.23. The average molecular weight is 383 g/mol. The van der Waals surface area contributed by atoms with Gasteiger partial charge in [0.05, 0.1) is 31.0 Å². The van der Waals surface area contributed by atoms with Crippen molar-refractivity contribution in [3.63, 3.8) is 0 Å². The Labute approximate surface area is 164 Å². The van der Waals surface area contributed by atoms with E-state index >= 15 is 0 Å². The molecule has 0 fully saturated rings. The Morgan fingerprint density at radius 1 is 1.14 bits per heavy atom. The molecule has 7 nitrogen and oxygen atoms in total. The topological polar surface area (TPSA) is 83.8 Å². The van der Waals surface area contributed by atoms with Gasteiger partial charge in [-0.1, -0.05) is 30.3 Å². The van der Waals surface area contributed by atoms with Crippen LogP contribution < -0.4 is 10.6 Å². The summed E-state index contributed by atoms with van der Waals surface area (Å²) in [6.07, 6.45) is 1.63. The van der Waals surface area contributed by atoms with Gasteiger partial charge in [-0.15, -0.1) is 0 Å². The predicted octanol–water partition coefficient (Wildman–Crippen LogP) is 2.80. The number of carbonyl (C=O) groups is 2. The lowest BCUT2D eigenvalue weighted by molar-refractivity contribution is -0.139. The monoisotopic (exact) mass is 383 g/mol. The SMILES string of the molecule is CCOC(=O)C1=C(CN(Cc2ccccc2)Cc2ccco2)NC(=O)NC1C.